The number of halogens is 1. The summed E-state index contributed by atoms with van der Waals surface area (Å²) in [5, 5.41) is 13.8. The van der Waals surface area contributed by atoms with E-state index in [2.05, 4.69) is 11.7 Å². The van der Waals surface area contributed by atoms with E-state index >= 15 is 0 Å². The third-order valence-electron chi connectivity index (χ3n) is 3.79. The first-order valence-corrected chi connectivity index (χ1v) is 7.40. The molecular formula is C16H14ClN3O3. The number of carboxylic acids is 1. The molecule has 3 rings (SSSR count). The number of carbonyl (C=O) groups is 2. The summed E-state index contributed by atoms with van der Waals surface area (Å²) in [6.45, 7) is 4.84. The molecular weight excluding hydrogens is 318 g/mol. The van der Waals surface area contributed by atoms with Crippen molar-refractivity contribution in [2.45, 2.75) is 13.1 Å². The van der Waals surface area contributed by atoms with E-state index in [9.17, 15) is 14.7 Å². The van der Waals surface area contributed by atoms with Gasteiger partial charge >= 0.3 is 5.97 Å². The maximum absolute atomic E-state index is 12.7. The van der Waals surface area contributed by atoms with Crippen LogP contribution in [0.2, 0.25) is 5.02 Å². The van der Waals surface area contributed by atoms with Crippen molar-refractivity contribution in [1.82, 2.24) is 14.7 Å². The van der Waals surface area contributed by atoms with E-state index in [1.54, 1.807) is 11.0 Å². The SMILES string of the molecule is C=Cc1c(C(=O)O)nn2c1C(=O)N(Cc1ccccc1Cl)CC2. The van der Waals surface area contributed by atoms with Crippen molar-refractivity contribution >= 4 is 29.6 Å². The number of fused-ring (bicyclic) bond motifs is 1. The molecule has 0 saturated heterocycles. The fourth-order valence-electron chi connectivity index (χ4n) is 2.66. The predicted octanol–water partition coefficient (Wildman–Crippen LogP) is 2.53. The van der Waals surface area contributed by atoms with Gasteiger partial charge in [0.05, 0.1) is 6.54 Å². The van der Waals surface area contributed by atoms with Crippen molar-refractivity contribution in [2.75, 3.05) is 6.54 Å². The Morgan fingerprint density at radius 3 is 2.78 bits per heavy atom. The summed E-state index contributed by atoms with van der Waals surface area (Å²) < 4.78 is 1.44. The van der Waals surface area contributed by atoms with Gasteiger partial charge in [-0.1, -0.05) is 42.5 Å². The van der Waals surface area contributed by atoms with E-state index in [0.717, 1.165) is 5.56 Å². The second-order valence-corrected chi connectivity index (χ2v) is 5.57. The van der Waals surface area contributed by atoms with Crippen LogP contribution in [0.5, 0.6) is 0 Å². The number of nitrogens with zero attached hydrogens (tertiary/aromatic N) is 3. The molecule has 1 aromatic carbocycles. The van der Waals surface area contributed by atoms with Crippen LogP contribution >= 0.6 is 11.6 Å². The molecule has 0 bridgehead atoms. The summed E-state index contributed by atoms with van der Waals surface area (Å²) in [5.74, 6) is -1.45. The normalized spacial score (nSPS) is 13.8. The number of aromatic nitrogens is 2. The van der Waals surface area contributed by atoms with Gasteiger partial charge in [-0.15, -0.1) is 0 Å². The Kier molecular flexibility index (Phi) is 3.92. The van der Waals surface area contributed by atoms with Gasteiger partial charge < -0.3 is 10.0 Å². The number of hydrogen-bond acceptors (Lipinski definition) is 3. The topological polar surface area (TPSA) is 75.4 Å². The van der Waals surface area contributed by atoms with Crippen LogP contribution in [0.4, 0.5) is 0 Å². The highest BCUT2D eigenvalue weighted by molar-refractivity contribution is 6.31. The molecule has 6 nitrogen and oxygen atoms in total. The molecule has 2 aromatic rings. The summed E-state index contributed by atoms with van der Waals surface area (Å²) in [6, 6.07) is 7.32. The third kappa shape index (κ3) is 2.61. The van der Waals surface area contributed by atoms with Crippen molar-refractivity contribution in [3.63, 3.8) is 0 Å². The quantitative estimate of drug-likeness (QED) is 0.934. The highest BCUT2D eigenvalue weighted by Crippen LogP contribution is 2.24. The zero-order valence-electron chi connectivity index (χ0n) is 12.2. The summed E-state index contributed by atoms with van der Waals surface area (Å²) in [4.78, 5) is 25.6. The Labute approximate surface area is 137 Å². The Hall–Kier alpha value is -2.60. The second kappa shape index (κ2) is 5.89. The van der Waals surface area contributed by atoms with Gasteiger partial charge in [0.1, 0.15) is 5.69 Å². The van der Waals surface area contributed by atoms with E-state index in [-0.39, 0.29) is 22.9 Å². The lowest BCUT2D eigenvalue weighted by atomic mass is 10.1. The second-order valence-electron chi connectivity index (χ2n) is 5.16. The van der Waals surface area contributed by atoms with Crippen LogP contribution in [0.3, 0.4) is 0 Å². The molecule has 0 spiro atoms. The van der Waals surface area contributed by atoms with Crippen molar-refractivity contribution in [2.24, 2.45) is 0 Å². The molecule has 2 heterocycles. The number of aromatic carboxylic acids is 1. The van der Waals surface area contributed by atoms with Gasteiger partial charge in [-0.25, -0.2) is 4.79 Å². The van der Waals surface area contributed by atoms with Gasteiger partial charge in [-0.05, 0) is 11.6 Å². The molecule has 23 heavy (non-hydrogen) atoms. The lowest BCUT2D eigenvalue weighted by Crippen LogP contribution is -2.40. The van der Waals surface area contributed by atoms with Crippen molar-refractivity contribution in [3.05, 3.63) is 58.4 Å². The molecule has 1 N–H and O–H groups in total. The number of rotatable bonds is 4. The van der Waals surface area contributed by atoms with E-state index in [1.165, 1.54) is 10.8 Å². The Bertz CT molecular complexity index is 813. The molecule has 0 atom stereocenters. The van der Waals surface area contributed by atoms with Crippen molar-refractivity contribution in [1.29, 1.82) is 0 Å². The predicted molar refractivity (Wildman–Crippen MR) is 85.5 cm³/mol. The fraction of sp³-hybridized carbons (Fsp3) is 0.188. The number of benzene rings is 1. The first-order valence-electron chi connectivity index (χ1n) is 7.02. The van der Waals surface area contributed by atoms with Gasteiger partial charge in [-0.2, -0.15) is 5.10 Å². The van der Waals surface area contributed by atoms with Crippen LogP contribution in [0.1, 0.15) is 32.1 Å². The minimum atomic E-state index is -1.17. The minimum absolute atomic E-state index is 0.150. The first kappa shape index (κ1) is 15.3. The maximum Gasteiger partial charge on any atom is 0.357 e. The molecule has 1 amide bonds. The van der Waals surface area contributed by atoms with Crippen LogP contribution in [-0.2, 0) is 13.1 Å². The standard InChI is InChI=1S/C16H14ClN3O3/c1-2-11-13(16(22)23)18-20-8-7-19(15(21)14(11)20)9-10-5-3-4-6-12(10)17/h2-6H,1,7-9H2,(H,22,23). The Balaban J connectivity index is 1.96. The zero-order valence-corrected chi connectivity index (χ0v) is 13.0. The van der Waals surface area contributed by atoms with Gasteiger partial charge in [0.15, 0.2) is 5.69 Å². The Morgan fingerprint density at radius 2 is 2.13 bits per heavy atom. The molecule has 1 aromatic heterocycles. The van der Waals surface area contributed by atoms with Gasteiger partial charge in [0.2, 0.25) is 0 Å². The minimum Gasteiger partial charge on any atom is -0.476 e. The third-order valence-corrected chi connectivity index (χ3v) is 4.16. The molecule has 0 fully saturated rings. The van der Waals surface area contributed by atoms with Gasteiger partial charge in [0.25, 0.3) is 5.91 Å². The van der Waals surface area contributed by atoms with Crippen LogP contribution in [0.15, 0.2) is 30.8 Å². The van der Waals surface area contributed by atoms with E-state index < -0.39 is 5.97 Å². The van der Waals surface area contributed by atoms with Crippen LogP contribution < -0.4 is 0 Å². The van der Waals surface area contributed by atoms with Gasteiger partial charge in [-0.3, -0.25) is 9.48 Å². The zero-order chi connectivity index (χ0) is 16.6. The summed E-state index contributed by atoms with van der Waals surface area (Å²) in [5.41, 5.74) is 1.21. The lowest BCUT2D eigenvalue weighted by Gasteiger charge is -2.28. The highest BCUT2D eigenvalue weighted by Gasteiger charge is 2.32. The molecule has 0 aliphatic carbocycles. The van der Waals surface area contributed by atoms with Crippen LogP contribution in [-0.4, -0.2) is 38.2 Å². The average Bonchev–Trinajstić information content (AvgIpc) is 2.91. The van der Waals surface area contributed by atoms with Crippen LogP contribution in [0.25, 0.3) is 6.08 Å². The van der Waals surface area contributed by atoms with Crippen molar-refractivity contribution in [3.8, 4) is 0 Å². The summed E-state index contributed by atoms with van der Waals surface area (Å²) in [7, 11) is 0. The molecule has 1 aliphatic rings. The van der Waals surface area contributed by atoms with E-state index in [4.69, 9.17) is 11.6 Å². The maximum atomic E-state index is 12.7. The molecule has 1 aliphatic heterocycles. The van der Waals surface area contributed by atoms with Gasteiger partial charge in [0, 0.05) is 23.7 Å². The average molecular weight is 332 g/mol. The number of hydrogen-bond donors (Lipinski definition) is 1. The number of carbonyl (C=O) groups excluding carboxylic acids is 1. The monoisotopic (exact) mass is 331 g/mol. The summed E-state index contributed by atoms with van der Waals surface area (Å²) >= 11 is 6.15. The summed E-state index contributed by atoms with van der Waals surface area (Å²) in [6.07, 6.45) is 1.36. The molecule has 0 unspecified atom stereocenters. The van der Waals surface area contributed by atoms with E-state index in [0.29, 0.717) is 24.7 Å². The largest absolute Gasteiger partial charge is 0.476 e. The fourth-order valence-corrected chi connectivity index (χ4v) is 2.86. The number of amides is 1. The van der Waals surface area contributed by atoms with Crippen LogP contribution in [0, 0.1) is 0 Å². The molecule has 0 saturated carbocycles. The van der Waals surface area contributed by atoms with E-state index in [1.807, 2.05) is 18.2 Å². The Morgan fingerprint density at radius 1 is 1.39 bits per heavy atom. The highest BCUT2D eigenvalue weighted by atomic mass is 35.5. The number of carboxylic acid groups (broad SMARTS) is 1. The molecule has 118 valence electrons. The first-order chi connectivity index (χ1) is 11.0. The van der Waals surface area contributed by atoms with Crippen molar-refractivity contribution < 1.29 is 14.7 Å². The smallest absolute Gasteiger partial charge is 0.357 e. The molecule has 0 radical (unpaired) electrons. The lowest BCUT2D eigenvalue weighted by molar-refractivity contribution is 0.0671. The molecule has 7 heteroatoms.